The van der Waals surface area contributed by atoms with Gasteiger partial charge in [0.1, 0.15) is 0 Å². The third-order valence-corrected chi connectivity index (χ3v) is 1.59. The Kier molecular flexibility index (Phi) is 3.12. The molecule has 9 heavy (non-hydrogen) atoms. The van der Waals surface area contributed by atoms with E-state index < -0.39 is 0 Å². The molecule has 0 aliphatic carbocycles. The summed E-state index contributed by atoms with van der Waals surface area (Å²) in [5.41, 5.74) is 0. The Morgan fingerprint density at radius 1 is 1.78 bits per heavy atom. The standard InChI is InChI=1S/C5H9O3P/c6-9-8-4-5-2-1-3-7-5/h5H,1-4H2. The molecule has 1 atom stereocenters. The van der Waals surface area contributed by atoms with Gasteiger partial charge < -0.3 is 4.74 Å². The highest BCUT2D eigenvalue weighted by molar-refractivity contribution is 7.17. The van der Waals surface area contributed by atoms with Crippen molar-refractivity contribution in [1.29, 1.82) is 0 Å². The van der Waals surface area contributed by atoms with Crippen molar-refractivity contribution in [2.45, 2.75) is 18.9 Å². The van der Waals surface area contributed by atoms with Crippen LogP contribution in [-0.2, 0) is 13.8 Å². The van der Waals surface area contributed by atoms with Crippen molar-refractivity contribution >= 4 is 8.69 Å². The number of hydrogen-bond acceptors (Lipinski definition) is 3. The fourth-order valence-corrected chi connectivity index (χ4v) is 1.12. The second-order valence-electron chi connectivity index (χ2n) is 2.01. The van der Waals surface area contributed by atoms with E-state index in [1.807, 2.05) is 0 Å². The number of hydrogen-bond donors (Lipinski definition) is 0. The van der Waals surface area contributed by atoms with Crippen LogP contribution in [-0.4, -0.2) is 19.3 Å². The molecule has 3 nitrogen and oxygen atoms in total. The second kappa shape index (κ2) is 3.94. The minimum atomic E-state index is -0.244. The summed E-state index contributed by atoms with van der Waals surface area (Å²) in [7, 11) is -0.244. The van der Waals surface area contributed by atoms with E-state index in [2.05, 4.69) is 4.52 Å². The summed E-state index contributed by atoms with van der Waals surface area (Å²) in [6, 6.07) is 0. The molecule has 0 radical (unpaired) electrons. The molecule has 0 spiro atoms. The molecule has 1 heterocycles. The maximum Gasteiger partial charge on any atom is 0.327 e. The molecule has 52 valence electrons. The Balaban J connectivity index is 2.04. The van der Waals surface area contributed by atoms with Gasteiger partial charge in [-0.15, -0.1) is 0 Å². The van der Waals surface area contributed by atoms with Crippen molar-refractivity contribution < 1.29 is 13.8 Å². The molecule has 0 N–H and O–H groups in total. The van der Waals surface area contributed by atoms with Crippen LogP contribution < -0.4 is 0 Å². The van der Waals surface area contributed by atoms with E-state index in [1.165, 1.54) is 0 Å². The average Bonchev–Trinajstić information content (AvgIpc) is 2.34. The fourth-order valence-electron chi connectivity index (χ4n) is 0.889. The molecule has 1 fully saturated rings. The van der Waals surface area contributed by atoms with Crippen LogP contribution in [0.1, 0.15) is 12.8 Å². The Labute approximate surface area is 55.6 Å². The quantitative estimate of drug-likeness (QED) is 0.567. The molecule has 0 saturated carbocycles. The van der Waals surface area contributed by atoms with Crippen molar-refractivity contribution in [3.05, 3.63) is 0 Å². The van der Waals surface area contributed by atoms with Crippen LogP contribution in [0.4, 0.5) is 0 Å². The number of ether oxygens (including phenoxy) is 1. The van der Waals surface area contributed by atoms with Gasteiger partial charge >= 0.3 is 8.69 Å². The van der Waals surface area contributed by atoms with Gasteiger partial charge in [0.2, 0.25) is 0 Å². The van der Waals surface area contributed by atoms with E-state index in [-0.39, 0.29) is 14.8 Å². The summed E-state index contributed by atoms with van der Waals surface area (Å²) in [5.74, 6) is 0. The van der Waals surface area contributed by atoms with Gasteiger partial charge in [-0.1, -0.05) is 0 Å². The van der Waals surface area contributed by atoms with E-state index in [0.29, 0.717) is 6.61 Å². The lowest BCUT2D eigenvalue weighted by Crippen LogP contribution is -2.10. The first kappa shape index (κ1) is 7.13. The highest BCUT2D eigenvalue weighted by atomic mass is 31.1. The van der Waals surface area contributed by atoms with Crippen LogP contribution in [0.2, 0.25) is 0 Å². The monoisotopic (exact) mass is 148 g/mol. The molecule has 0 aromatic heterocycles. The zero-order valence-electron chi connectivity index (χ0n) is 5.08. The molecule has 0 aromatic rings. The van der Waals surface area contributed by atoms with Crippen LogP contribution in [0.5, 0.6) is 0 Å². The zero-order valence-corrected chi connectivity index (χ0v) is 5.97. The lowest BCUT2D eigenvalue weighted by Gasteiger charge is -2.03. The second-order valence-corrected chi connectivity index (χ2v) is 2.41. The topological polar surface area (TPSA) is 35.5 Å². The number of rotatable bonds is 3. The summed E-state index contributed by atoms with van der Waals surface area (Å²) in [6.07, 6.45) is 2.32. The minimum Gasteiger partial charge on any atom is -0.376 e. The summed E-state index contributed by atoms with van der Waals surface area (Å²) in [4.78, 5) is 0. The van der Waals surface area contributed by atoms with Crippen molar-refractivity contribution in [1.82, 2.24) is 0 Å². The Bertz CT molecular complexity index is 90.2. The van der Waals surface area contributed by atoms with E-state index in [9.17, 15) is 4.57 Å². The smallest absolute Gasteiger partial charge is 0.327 e. The van der Waals surface area contributed by atoms with Gasteiger partial charge in [-0.3, -0.25) is 4.52 Å². The largest absolute Gasteiger partial charge is 0.376 e. The third kappa shape index (κ3) is 2.39. The molecular formula is C5H9O3P. The maximum absolute atomic E-state index is 9.78. The molecule has 0 amide bonds. The van der Waals surface area contributed by atoms with Crippen LogP contribution in [0.15, 0.2) is 0 Å². The van der Waals surface area contributed by atoms with Crippen molar-refractivity contribution in [2.24, 2.45) is 0 Å². The third-order valence-electron chi connectivity index (χ3n) is 1.34. The highest BCUT2D eigenvalue weighted by Gasteiger charge is 2.14. The predicted molar refractivity (Wildman–Crippen MR) is 32.5 cm³/mol. The van der Waals surface area contributed by atoms with Gasteiger partial charge in [-0.2, -0.15) is 0 Å². The predicted octanol–water partition coefficient (Wildman–Crippen LogP) is 1.39. The lowest BCUT2D eigenvalue weighted by molar-refractivity contribution is 0.0723. The summed E-state index contributed by atoms with van der Waals surface area (Å²) in [6.45, 7) is 1.29. The van der Waals surface area contributed by atoms with Gasteiger partial charge in [0.25, 0.3) is 0 Å². The molecule has 1 aliphatic heterocycles. The summed E-state index contributed by atoms with van der Waals surface area (Å²) in [5, 5.41) is 0. The van der Waals surface area contributed by atoms with Gasteiger partial charge in [-0.05, 0) is 12.8 Å². The molecule has 0 aromatic carbocycles. The summed E-state index contributed by atoms with van der Waals surface area (Å²) >= 11 is 0. The van der Waals surface area contributed by atoms with Crippen molar-refractivity contribution in [3.8, 4) is 0 Å². The molecule has 0 bridgehead atoms. The van der Waals surface area contributed by atoms with Gasteiger partial charge in [0, 0.05) is 6.61 Å². The zero-order chi connectivity index (χ0) is 6.53. The van der Waals surface area contributed by atoms with Crippen molar-refractivity contribution in [3.63, 3.8) is 0 Å². The highest BCUT2D eigenvalue weighted by Crippen LogP contribution is 2.13. The molecule has 1 unspecified atom stereocenters. The lowest BCUT2D eigenvalue weighted by atomic mass is 10.2. The Morgan fingerprint density at radius 3 is 3.22 bits per heavy atom. The van der Waals surface area contributed by atoms with Gasteiger partial charge in [-0.25, -0.2) is 4.57 Å². The van der Waals surface area contributed by atoms with E-state index >= 15 is 0 Å². The molecular weight excluding hydrogens is 139 g/mol. The van der Waals surface area contributed by atoms with Crippen molar-refractivity contribution in [2.75, 3.05) is 13.2 Å². The molecule has 4 heteroatoms. The van der Waals surface area contributed by atoms with Crippen LogP contribution in [0, 0.1) is 0 Å². The Morgan fingerprint density at radius 2 is 2.67 bits per heavy atom. The summed E-state index contributed by atoms with van der Waals surface area (Å²) < 4.78 is 19.6. The van der Waals surface area contributed by atoms with E-state index in [1.54, 1.807) is 0 Å². The van der Waals surface area contributed by atoms with Crippen LogP contribution >= 0.6 is 8.69 Å². The first-order valence-electron chi connectivity index (χ1n) is 2.99. The first-order valence-corrected chi connectivity index (χ1v) is 3.72. The first-order chi connectivity index (χ1) is 4.43. The van der Waals surface area contributed by atoms with Crippen LogP contribution in [0.3, 0.4) is 0 Å². The maximum atomic E-state index is 9.78. The SMILES string of the molecule is O=POCC1CCCO1. The van der Waals surface area contributed by atoms with Gasteiger partial charge in [0.15, 0.2) is 0 Å². The van der Waals surface area contributed by atoms with E-state index in [0.717, 1.165) is 19.4 Å². The van der Waals surface area contributed by atoms with Crippen LogP contribution in [0.25, 0.3) is 0 Å². The average molecular weight is 148 g/mol. The Hall–Kier alpha value is 0.0200. The minimum absolute atomic E-state index is 0.187. The van der Waals surface area contributed by atoms with E-state index in [4.69, 9.17) is 4.74 Å². The molecule has 1 rings (SSSR count). The normalized spacial score (nSPS) is 27.3. The fraction of sp³-hybridized carbons (Fsp3) is 1.00. The molecule has 1 saturated heterocycles. The molecule has 1 aliphatic rings. The van der Waals surface area contributed by atoms with Gasteiger partial charge in [0.05, 0.1) is 12.7 Å².